The molecule has 0 aromatic heterocycles. The quantitative estimate of drug-likeness (QED) is 0.175. The van der Waals surface area contributed by atoms with Crippen molar-refractivity contribution in [3.05, 3.63) is 70.8 Å². The largest absolute Gasteiger partial charge is 0.332 e. The third-order valence-corrected chi connectivity index (χ3v) is 7.07. The van der Waals surface area contributed by atoms with E-state index in [0.29, 0.717) is 44.4 Å². The number of amides is 4. The Morgan fingerprint density at radius 1 is 0.545 bits per heavy atom. The second-order valence-corrected chi connectivity index (χ2v) is 8.48. The highest BCUT2D eigenvalue weighted by Crippen LogP contribution is 2.45. The van der Waals surface area contributed by atoms with E-state index >= 15 is 0 Å². The van der Waals surface area contributed by atoms with Gasteiger partial charge in [-0.15, -0.1) is 0 Å². The fraction of sp³-hybridized carbons (Fsp3) is 0.0769. The van der Waals surface area contributed by atoms with Crippen LogP contribution in [-0.4, -0.2) is 47.9 Å². The van der Waals surface area contributed by atoms with Crippen molar-refractivity contribution in [2.45, 2.75) is 6.92 Å². The van der Waals surface area contributed by atoms with Gasteiger partial charge in [0.05, 0.1) is 0 Å². The van der Waals surface area contributed by atoms with Crippen molar-refractivity contribution in [1.29, 1.82) is 0 Å². The van der Waals surface area contributed by atoms with Gasteiger partial charge in [-0.25, -0.2) is 0 Å². The summed E-state index contributed by atoms with van der Waals surface area (Å²) in [6.07, 6.45) is 0. The zero-order valence-electron chi connectivity index (χ0n) is 17.4. The highest BCUT2D eigenvalue weighted by molar-refractivity contribution is 6.43. The average molecular weight is 428 g/mol. The molecule has 5 aromatic carbocycles. The molecule has 7 rings (SSSR count). The van der Waals surface area contributed by atoms with E-state index in [9.17, 15) is 19.2 Å². The fourth-order valence-electron chi connectivity index (χ4n) is 5.62. The number of imide groups is 2. The van der Waals surface area contributed by atoms with Crippen molar-refractivity contribution in [2.75, 3.05) is 6.54 Å². The highest BCUT2D eigenvalue weighted by Gasteiger charge is 2.35. The lowest BCUT2D eigenvalue weighted by Crippen LogP contribution is -2.40. The molecule has 7 heteroatoms. The fourth-order valence-corrected chi connectivity index (χ4v) is 5.62. The Kier molecular flexibility index (Phi) is 3.19. The van der Waals surface area contributed by atoms with Gasteiger partial charge in [-0.2, -0.15) is 0 Å². The Morgan fingerprint density at radius 2 is 0.879 bits per heavy atom. The van der Waals surface area contributed by atoms with E-state index in [1.807, 2.05) is 24.3 Å². The van der Waals surface area contributed by atoms with E-state index in [2.05, 4.69) is 0 Å². The van der Waals surface area contributed by atoms with Crippen LogP contribution in [0.15, 0.2) is 48.5 Å². The van der Waals surface area contributed by atoms with Crippen LogP contribution in [0.4, 0.5) is 0 Å². The van der Waals surface area contributed by atoms with Gasteiger partial charge in [-0.05, 0) is 63.5 Å². The van der Waals surface area contributed by atoms with E-state index in [-0.39, 0.29) is 11.8 Å². The number of nitrogens with zero attached hydrogens (tertiary/aromatic N) is 2. The third-order valence-electron chi connectivity index (χ3n) is 7.07. The molecule has 0 saturated carbocycles. The second kappa shape index (κ2) is 5.75. The molecule has 2 aliphatic rings. The van der Waals surface area contributed by atoms with Gasteiger partial charge in [0, 0.05) is 39.6 Å². The Morgan fingerprint density at radius 3 is 1.21 bits per heavy atom. The summed E-state index contributed by atoms with van der Waals surface area (Å²) in [6, 6.07) is 14.4. The van der Waals surface area contributed by atoms with Gasteiger partial charge < -0.3 is 4.81 Å². The van der Waals surface area contributed by atoms with Crippen LogP contribution in [0.1, 0.15) is 48.4 Å². The van der Waals surface area contributed by atoms with Crippen LogP contribution in [0, 0.1) is 0 Å². The minimum Gasteiger partial charge on any atom is -0.332 e. The van der Waals surface area contributed by atoms with E-state index in [1.165, 1.54) is 4.90 Å². The standard InChI is InChI=1S/C26H13BN2O4/c1-2-28-23(30)15-7-3-11-13-5-9-17-22-18(26(33)29(27)25(17)32)10-6-14(20(13)22)12-4-8-16(24(28)31)21(15)19(11)12/h3-10H,2H2,1H3. The molecule has 0 saturated heterocycles. The predicted molar refractivity (Wildman–Crippen MR) is 125 cm³/mol. The second-order valence-electron chi connectivity index (χ2n) is 8.48. The molecule has 0 atom stereocenters. The summed E-state index contributed by atoms with van der Waals surface area (Å²) < 4.78 is 0. The first-order chi connectivity index (χ1) is 15.9. The van der Waals surface area contributed by atoms with Gasteiger partial charge in [0.15, 0.2) is 0 Å². The Hall–Kier alpha value is -4.26. The van der Waals surface area contributed by atoms with Crippen molar-refractivity contribution in [1.82, 2.24) is 9.71 Å². The molecule has 0 bridgehead atoms. The summed E-state index contributed by atoms with van der Waals surface area (Å²) in [5.41, 5.74) is 1.77. The molecular weight excluding hydrogens is 415 g/mol. The lowest BCUT2D eigenvalue weighted by Gasteiger charge is -2.29. The average Bonchev–Trinajstić information content (AvgIpc) is 2.83. The van der Waals surface area contributed by atoms with Gasteiger partial charge in [-0.1, -0.05) is 24.3 Å². The van der Waals surface area contributed by atoms with Crippen LogP contribution in [0.3, 0.4) is 0 Å². The molecular formula is C26H13BN2O4. The number of hydrogen-bond acceptors (Lipinski definition) is 4. The number of hydrogen-bond donors (Lipinski definition) is 0. The predicted octanol–water partition coefficient (Wildman–Crippen LogP) is 4.03. The Balaban J connectivity index is 1.74. The Bertz CT molecular complexity index is 1690. The number of carbonyl (C=O) groups is 4. The first-order valence-electron chi connectivity index (χ1n) is 10.6. The van der Waals surface area contributed by atoms with Crippen LogP contribution >= 0.6 is 0 Å². The maximum Gasteiger partial charge on any atom is 0.261 e. The first kappa shape index (κ1) is 18.3. The van der Waals surface area contributed by atoms with E-state index < -0.39 is 11.8 Å². The molecule has 5 aromatic rings. The molecule has 4 amide bonds. The Labute approximate surface area is 188 Å². The molecule has 33 heavy (non-hydrogen) atoms. The minimum absolute atomic E-state index is 0.297. The zero-order chi connectivity index (χ0) is 22.8. The third kappa shape index (κ3) is 1.92. The summed E-state index contributed by atoms with van der Waals surface area (Å²) in [5.74, 6) is -1.67. The maximum absolute atomic E-state index is 13.1. The topological polar surface area (TPSA) is 74.8 Å². The molecule has 2 radical (unpaired) electrons. The van der Waals surface area contributed by atoms with Gasteiger partial charge in [-0.3, -0.25) is 24.1 Å². The van der Waals surface area contributed by atoms with Gasteiger partial charge in [0.2, 0.25) is 19.8 Å². The van der Waals surface area contributed by atoms with Crippen LogP contribution in [0.5, 0.6) is 0 Å². The van der Waals surface area contributed by atoms with Crippen molar-refractivity contribution in [3.8, 4) is 0 Å². The summed E-state index contributed by atoms with van der Waals surface area (Å²) in [4.78, 5) is 53.5. The van der Waals surface area contributed by atoms with Crippen LogP contribution in [-0.2, 0) is 0 Å². The first-order valence-corrected chi connectivity index (χ1v) is 10.6. The normalized spacial score (nSPS) is 15.8. The maximum atomic E-state index is 13.1. The van der Waals surface area contributed by atoms with Gasteiger partial charge >= 0.3 is 0 Å². The molecule has 0 aliphatic carbocycles. The molecule has 0 spiro atoms. The van der Waals surface area contributed by atoms with Crippen molar-refractivity contribution >= 4 is 74.7 Å². The van der Waals surface area contributed by atoms with Crippen LogP contribution in [0.2, 0.25) is 0 Å². The number of rotatable bonds is 1. The summed E-state index contributed by atoms with van der Waals surface area (Å²) in [7, 11) is 5.74. The smallest absolute Gasteiger partial charge is 0.261 e. The molecule has 2 aliphatic heterocycles. The van der Waals surface area contributed by atoms with Crippen LogP contribution < -0.4 is 0 Å². The van der Waals surface area contributed by atoms with Gasteiger partial charge in [0.1, 0.15) is 0 Å². The summed E-state index contributed by atoms with van der Waals surface area (Å²) in [5, 5.41) is 6.32. The molecule has 2 heterocycles. The molecule has 6 nitrogen and oxygen atoms in total. The van der Waals surface area contributed by atoms with Crippen molar-refractivity contribution in [2.24, 2.45) is 0 Å². The number of carbonyl (C=O) groups excluding carboxylic acids is 4. The lowest BCUT2D eigenvalue weighted by molar-refractivity contribution is 0.0617. The van der Waals surface area contributed by atoms with Crippen LogP contribution in [0.25, 0.3) is 43.1 Å². The molecule has 154 valence electrons. The SMILES string of the molecule is [B]N1C(=O)c2ccc3c4ccc5c6c(ccc(c7ccc(c2c37)C1=O)c64)C(=O)N(CC)C5=O. The molecule has 0 N–H and O–H groups in total. The number of benzene rings is 5. The molecule has 0 unspecified atom stereocenters. The number of fused-ring (bicyclic) bond motifs is 2. The van der Waals surface area contributed by atoms with E-state index in [1.54, 1.807) is 31.2 Å². The zero-order valence-corrected chi connectivity index (χ0v) is 17.4. The lowest BCUT2D eigenvalue weighted by atomic mass is 9.82. The van der Waals surface area contributed by atoms with E-state index in [4.69, 9.17) is 7.98 Å². The van der Waals surface area contributed by atoms with Gasteiger partial charge in [0.25, 0.3) is 11.8 Å². The van der Waals surface area contributed by atoms with Crippen molar-refractivity contribution < 1.29 is 19.2 Å². The molecule has 0 fully saturated rings. The highest BCUT2D eigenvalue weighted by atomic mass is 16.2. The van der Waals surface area contributed by atoms with E-state index in [0.717, 1.165) is 32.3 Å². The minimum atomic E-state index is -0.539. The summed E-state index contributed by atoms with van der Waals surface area (Å²) >= 11 is 0. The monoisotopic (exact) mass is 428 g/mol. The summed E-state index contributed by atoms with van der Waals surface area (Å²) in [6.45, 7) is 2.08. The van der Waals surface area contributed by atoms with Crippen molar-refractivity contribution in [3.63, 3.8) is 0 Å².